The summed E-state index contributed by atoms with van der Waals surface area (Å²) in [5, 5.41) is 3.26. The third-order valence-electron chi connectivity index (χ3n) is 2.22. The number of benzene rings is 1. The Labute approximate surface area is 98.2 Å². The maximum Gasteiger partial charge on any atom is 0.139 e. The molecule has 1 aromatic carbocycles. The fourth-order valence-corrected chi connectivity index (χ4v) is 1.80. The fraction of sp³-hybridized carbons (Fsp3) is 0.455. The van der Waals surface area contributed by atoms with E-state index < -0.39 is 0 Å². The largest absolute Gasteiger partial charge is 0.397 e. The zero-order valence-electron chi connectivity index (χ0n) is 8.98. The van der Waals surface area contributed by atoms with Gasteiger partial charge in [-0.2, -0.15) is 0 Å². The Morgan fingerprint density at radius 1 is 1.53 bits per heavy atom. The molecule has 15 heavy (non-hydrogen) atoms. The van der Waals surface area contributed by atoms with Crippen LogP contribution in [0, 0.1) is 5.82 Å². The lowest BCUT2D eigenvalue weighted by molar-refractivity contribution is 0.621. The number of rotatable bonds is 4. The Hall–Kier alpha value is -0.770. The monoisotopic (exact) mass is 274 g/mol. The summed E-state index contributed by atoms with van der Waals surface area (Å²) in [6.45, 7) is 4.21. The van der Waals surface area contributed by atoms with Gasteiger partial charge < -0.3 is 11.1 Å². The summed E-state index contributed by atoms with van der Waals surface area (Å²) < 4.78 is 13.5. The summed E-state index contributed by atoms with van der Waals surface area (Å²) in [6.07, 6.45) is 2.17. The van der Waals surface area contributed by atoms with Gasteiger partial charge in [-0.3, -0.25) is 0 Å². The third kappa shape index (κ3) is 3.38. The van der Waals surface area contributed by atoms with Gasteiger partial charge >= 0.3 is 0 Å². The number of hydrogen-bond donors (Lipinski definition) is 2. The lowest BCUT2D eigenvalue weighted by Crippen LogP contribution is -2.15. The molecule has 0 saturated heterocycles. The molecule has 2 nitrogen and oxygen atoms in total. The highest BCUT2D eigenvalue weighted by molar-refractivity contribution is 9.10. The standard InChI is InChI=1S/C11H16BrFN2/c1-3-4-7(2)15-11-5-8(12)9(13)6-10(11)14/h5-7,15H,3-4,14H2,1-2H3. The number of halogens is 2. The van der Waals surface area contributed by atoms with E-state index in [0.29, 0.717) is 16.2 Å². The lowest BCUT2D eigenvalue weighted by atomic mass is 10.1. The molecule has 0 fully saturated rings. The topological polar surface area (TPSA) is 38.0 Å². The van der Waals surface area contributed by atoms with Crippen LogP contribution >= 0.6 is 15.9 Å². The molecule has 1 atom stereocenters. The number of nitrogens with one attached hydrogen (secondary N) is 1. The Morgan fingerprint density at radius 3 is 2.80 bits per heavy atom. The van der Waals surface area contributed by atoms with E-state index in [9.17, 15) is 4.39 Å². The molecule has 1 aromatic rings. The molecule has 3 N–H and O–H groups in total. The van der Waals surface area contributed by atoms with Gasteiger partial charge in [-0.05, 0) is 35.3 Å². The van der Waals surface area contributed by atoms with Gasteiger partial charge in [0, 0.05) is 12.1 Å². The minimum Gasteiger partial charge on any atom is -0.397 e. The van der Waals surface area contributed by atoms with Crippen LogP contribution in [0.25, 0.3) is 0 Å². The number of hydrogen-bond acceptors (Lipinski definition) is 2. The van der Waals surface area contributed by atoms with E-state index in [1.165, 1.54) is 6.07 Å². The first-order valence-corrected chi connectivity index (χ1v) is 5.85. The van der Waals surface area contributed by atoms with Crippen LogP contribution in [0.1, 0.15) is 26.7 Å². The van der Waals surface area contributed by atoms with Crippen LogP contribution in [0.5, 0.6) is 0 Å². The van der Waals surface area contributed by atoms with Crippen LogP contribution in [0.15, 0.2) is 16.6 Å². The van der Waals surface area contributed by atoms with Gasteiger partial charge in [0.15, 0.2) is 0 Å². The van der Waals surface area contributed by atoms with Crippen LogP contribution in [0.2, 0.25) is 0 Å². The highest BCUT2D eigenvalue weighted by Crippen LogP contribution is 2.27. The van der Waals surface area contributed by atoms with Gasteiger partial charge in [0.2, 0.25) is 0 Å². The van der Waals surface area contributed by atoms with Gasteiger partial charge in [-0.15, -0.1) is 0 Å². The molecule has 0 heterocycles. The minimum atomic E-state index is -0.332. The van der Waals surface area contributed by atoms with Gasteiger partial charge in [0.05, 0.1) is 15.8 Å². The zero-order valence-corrected chi connectivity index (χ0v) is 10.6. The maximum absolute atomic E-state index is 13.1. The van der Waals surface area contributed by atoms with Crippen molar-refractivity contribution >= 4 is 27.3 Å². The van der Waals surface area contributed by atoms with Crippen molar-refractivity contribution in [2.45, 2.75) is 32.7 Å². The summed E-state index contributed by atoms with van der Waals surface area (Å²) in [7, 11) is 0. The van der Waals surface area contributed by atoms with Crippen molar-refractivity contribution in [2.24, 2.45) is 0 Å². The summed E-state index contributed by atoms with van der Waals surface area (Å²) in [5.41, 5.74) is 6.94. The van der Waals surface area contributed by atoms with E-state index in [2.05, 4.69) is 35.1 Å². The molecular weight excluding hydrogens is 259 g/mol. The average molecular weight is 275 g/mol. The third-order valence-corrected chi connectivity index (χ3v) is 2.82. The molecule has 0 bridgehead atoms. The van der Waals surface area contributed by atoms with Crippen molar-refractivity contribution in [1.29, 1.82) is 0 Å². The highest BCUT2D eigenvalue weighted by Gasteiger charge is 2.08. The molecule has 1 unspecified atom stereocenters. The Balaban J connectivity index is 2.81. The molecule has 0 aromatic heterocycles. The molecule has 0 saturated carbocycles. The van der Waals surface area contributed by atoms with Crippen LogP contribution < -0.4 is 11.1 Å². The van der Waals surface area contributed by atoms with Crippen molar-refractivity contribution in [3.05, 3.63) is 22.4 Å². The van der Waals surface area contributed by atoms with Crippen molar-refractivity contribution < 1.29 is 4.39 Å². The molecule has 0 aliphatic rings. The molecule has 1 rings (SSSR count). The van der Waals surface area contributed by atoms with E-state index in [-0.39, 0.29) is 5.82 Å². The summed E-state index contributed by atoms with van der Waals surface area (Å²) in [6, 6.07) is 3.34. The second-order valence-electron chi connectivity index (χ2n) is 3.69. The second kappa shape index (κ2) is 5.35. The second-order valence-corrected chi connectivity index (χ2v) is 4.54. The fourth-order valence-electron chi connectivity index (χ4n) is 1.46. The zero-order chi connectivity index (χ0) is 11.4. The number of nitrogen functional groups attached to an aromatic ring is 1. The van der Waals surface area contributed by atoms with E-state index in [4.69, 9.17) is 5.73 Å². The highest BCUT2D eigenvalue weighted by atomic mass is 79.9. The summed E-state index contributed by atoms with van der Waals surface area (Å²) in [5.74, 6) is -0.332. The molecule has 0 radical (unpaired) electrons. The molecule has 0 aliphatic heterocycles. The predicted octanol–water partition coefficient (Wildman–Crippen LogP) is 3.77. The quantitative estimate of drug-likeness (QED) is 0.821. The summed E-state index contributed by atoms with van der Waals surface area (Å²) >= 11 is 3.14. The molecule has 0 aliphatic carbocycles. The normalized spacial score (nSPS) is 12.5. The number of nitrogens with two attached hydrogens (primary N) is 1. The lowest BCUT2D eigenvalue weighted by Gasteiger charge is -2.16. The number of anilines is 2. The van der Waals surface area contributed by atoms with Gasteiger partial charge in [-0.25, -0.2) is 4.39 Å². The van der Waals surface area contributed by atoms with Gasteiger partial charge in [0.1, 0.15) is 5.82 Å². The van der Waals surface area contributed by atoms with Crippen LogP contribution in [0.3, 0.4) is 0 Å². The van der Waals surface area contributed by atoms with E-state index >= 15 is 0 Å². The van der Waals surface area contributed by atoms with Crippen LogP contribution in [0.4, 0.5) is 15.8 Å². The smallest absolute Gasteiger partial charge is 0.139 e. The molecule has 0 spiro atoms. The van der Waals surface area contributed by atoms with Crippen LogP contribution in [-0.4, -0.2) is 6.04 Å². The first-order valence-electron chi connectivity index (χ1n) is 5.05. The minimum absolute atomic E-state index is 0.332. The average Bonchev–Trinajstić information content (AvgIpc) is 2.14. The maximum atomic E-state index is 13.1. The first-order chi connectivity index (χ1) is 7.04. The predicted molar refractivity (Wildman–Crippen MR) is 66.5 cm³/mol. The molecule has 4 heteroatoms. The van der Waals surface area contributed by atoms with E-state index in [1.807, 2.05) is 0 Å². The SMILES string of the molecule is CCCC(C)Nc1cc(Br)c(F)cc1N. The van der Waals surface area contributed by atoms with Gasteiger partial charge in [-0.1, -0.05) is 13.3 Å². The van der Waals surface area contributed by atoms with Crippen molar-refractivity contribution in [3.8, 4) is 0 Å². The Bertz CT molecular complexity index is 342. The van der Waals surface area contributed by atoms with Crippen molar-refractivity contribution in [2.75, 3.05) is 11.1 Å². The van der Waals surface area contributed by atoms with Crippen molar-refractivity contribution in [1.82, 2.24) is 0 Å². The van der Waals surface area contributed by atoms with Gasteiger partial charge in [0.25, 0.3) is 0 Å². The Morgan fingerprint density at radius 2 is 2.20 bits per heavy atom. The van der Waals surface area contributed by atoms with E-state index in [0.717, 1.165) is 18.5 Å². The molecule has 84 valence electrons. The van der Waals surface area contributed by atoms with Crippen LogP contribution in [-0.2, 0) is 0 Å². The van der Waals surface area contributed by atoms with Crippen molar-refractivity contribution in [3.63, 3.8) is 0 Å². The Kier molecular flexibility index (Phi) is 4.39. The van der Waals surface area contributed by atoms with E-state index in [1.54, 1.807) is 6.07 Å². The molecule has 0 amide bonds. The first kappa shape index (κ1) is 12.3. The summed E-state index contributed by atoms with van der Waals surface area (Å²) in [4.78, 5) is 0. The molecular formula is C11H16BrFN2.